The summed E-state index contributed by atoms with van der Waals surface area (Å²) >= 11 is 0. The number of aromatic amines is 1. The van der Waals surface area contributed by atoms with Gasteiger partial charge in [-0.25, -0.2) is 4.79 Å². The molecule has 3 rings (SSSR count). The smallest absolute Gasteiger partial charge is 0.417 e. The van der Waals surface area contributed by atoms with Crippen molar-refractivity contribution in [1.29, 1.82) is 0 Å². The maximum absolute atomic E-state index is 11.8. The first kappa shape index (κ1) is 14.9. The first-order valence-electron chi connectivity index (χ1n) is 7.18. The highest BCUT2D eigenvalue weighted by atomic mass is 16.5. The quantitative estimate of drug-likeness (QED) is 0.756. The molecule has 0 aliphatic heterocycles. The molecule has 6 nitrogen and oxygen atoms in total. The third-order valence-corrected chi connectivity index (χ3v) is 3.33. The molecule has 1 heterocycles. The van der Waals surface area contributed by atoms with Gasteiger partial charge in [0.1, 0.15) is 5.75 Å². The standard InChI is InChI=1S/C17H16N2O4/c1-11-3-2-4-13(7-11)22-10-16(20)18-9-12-5-6-14-15(8-12)23-17(21)19-14/h2-8H,9-10H2,1H3,(H,18,20)(H,19,21). The first-order valence-corrected chi connectivity index (χ1v) is 7.18. The van der Waals surface area contributed by atoms with Crippen molar-refractivity contribution in [3.05, 3.63) is 64.1 Å². The molecule has 0 atom stereocenters. The minimum Gasteiger partial charge on any atom is -0.484 e. The molecular formula is C17H16N2O4. The van der Waals surface area contributed by atoms with Gasteiger partial charge in [-0.1, -0.05) is 18.2 Å². The van der Waals surface area contributed by atoms with E-state index < -0.39 is 5.76 Å². The average Bonchev–Trinajstić information content (AvgIpc) is 2.90. The van der Waals surface area contributed by atoms with E-state index in [1.165, 1.54) is 0 Å². The second-order valence-corrected chi connectivity index (χ2v) is 5.23. The molecule has 0 fully saturated rings. The van der Waals surface area contributed by atoms with Gasteiger partial charge in [0.15, 0.2) is 12.2 Å². The van der Waals surface area contributed by atoms with Gasteiger partial charge in [-0.3, -0.25) is 9.78 Å². The van der Waals surface area contributed by atoms with Crippen LogP contribution in [-0.2, 0) is 11.3 Å². The van der Waals surface area contributed by atoms with Crippen LogP contribution in [-0.4, -0.2) is 17.5 Å². The van der Waals surface area contributed by atoms with E-state index in [9.17, 15) is 9.59 Å². The Bertz CT molecular complexity index is 895. The Balaban J connectivity index is 1.54. The Morgan fingerprint density at radius 3 is 2.96 bits per heavy atom. The van der Waals surface area contributed by atoms with Gasteiger partial charge in [0.05, 0.1) is 5.52 Å². The Morgan fingerprint density at radius 1 is 1.26 bits per heavy atom. The summed E-state index contributed by atoms with van der Waals surface area (Å²) in [4.78, 5) is 25.5. The van der Waals surface area contributed by atoms with Gasteiger partial charge < -0.3 is 14.5 Å². The van der Waals surface area contributed by atoms with Crippen molar-refractivity contribution < 1.29 is 13.9 Å². The van der Waals surface area contributed by atoms with Crippen LogP contribution in [0.5, 0.6) is 5.75 Å². The van der Waals surface area contributed by atoms with Crippen molar-refractivity contribution >= 4 is 17.0 Å². The molecule has 6 heteroatoms. The third kappa shape index (κ3) is 3.79. The minimum absolute atomic E-state index is 0.0507. The number of oxazole rings is 1. The van der Waals surface area contributed by atoms with Crippen molar-refractivity contribution in [3.8, 4) is 5.75 Å². The summed E-state index contributed by atoms with van der Waals surface area (Å²) in [5, 5.41) is 2.76. The van der Waals surface area contributed by atoms with Crippen molar-refractivity contribution in [1.82, 2.24) is 10.3 Å². The van der Waals surface area contributed by atoms with E-state index in [4.69, 9.17) is 9.15 Å². The van der Waals surface area contributed by atoms with Crippen molar-refractivity contribution in [2.24, 2.45) is 0 Å². The highest BCUT2D eigenvalue weighted by molar-refractivity contribution is 5.78. The molecule has 1 amide bonds. The van der Waals surface area contributed by atoms with Crippen LogP contribution in [0.3, 0.4) is 0 Å². The zero-order chi connectivity index (χ0) is 16.2. The van der Waals surface area contributed by atoms with Crippen LogP contribution in [0.2, 0.25) is 0 Å². The molecule has 0 spiro atoms. The summed E-state index contributed by atoms with van der Waals surface area (Å²) in [6.07, 6.45) is 0. The Morgan fingerprint density at radius 2 is 2.13 bits per heavy atom. The molecule has 1 aromatic heterocycles. The number of carbonyl (C=O) groups is 1. The topological polar surface area (TPSA) is 84.3 Å². The molecule has 23 heavy (non-hydrogen) atoms. The zero-order valence-corrected chi connectivity index (χ0v) is 12.6. The van der Waals surface area contributed by atoms with Crippen molar-refractivity contribution in [2.75, 3.05) is 6.61 Å². The summed E-state index contributed by atoms with van der Waals surface area (Å²) in [6, 6.07) is 12.8. The largest absolute Gasteiger partial charge is 0.484 e. The van der Waals surface area contributed by atoms with Crippen molar-refractivity contribution in [3.63, 3.8) is 0 Å². The molecule has 0 radical (unpaired) electrons. The zero-order valence-electron chi connectivity index (χ0n) is 12.6. The molecule has 0 aliphatic carbocycles. The lowest BCUT2D eigenvalue weighted by Crippen LogP contribution is -2.28. The maximum atomic E-state index is 11.8. The highest BCUT2D eigenvalue weighted by Crippen LogP contribution is 2.13. The second kappa shape index (κ2) is 6.39. The highest BCUT2D eigenvalue weighted by Gasteiger charge is 2.05. The summed E-state index contributed by atoms with van der Waals surface area (Å²) < 4.78 is 10.4. The van der Waals surface area contributed by atoms with Gasteiger partial charge >= 0.3 is 5.76 Å². The van der Waals surface area contributed by atoms with Crippen molar-refractivity contribution in [2.45, 2.75) is 13.5 Å². The number of H-pyrrole nitrogens is 1. The predicted octanol–water partition coefficient (Wildman–Crippen LogP) is 2.12. The van der Waals surface area contributed by atoms with Gasteiger partial charge in [0.25, 0.3) is 5.91 Å². The van der Waals surface area contributed by atoms with E-state index in [0.29, 0.717) is 23.4 Å². The second-order valence-electron chi connectivity index (χ2n) is 5.23. The first-order chi connectivity index (χ1) is 11.1. The molecule has 118 valence electrons. The van der Waals surface area contributed by atoms with Gasteiger partial charge in [-0.2, -0.15) is 0 Å². The number of rotatable bonds is 5. The van der Waals surface area contributed by atoms with Gasteiger partial charge in [-0.05, 0) is 42.3 Å². The SMILES string of the molecule is Cc1cccc(OCC(=O)NCc2ccc3[nH]c(=O)oc3c2)c1. The van der Waals surface area contributed by atoms with E-state index in [2.05, 4.69) is 10.3 Å². The minimum atomic E-state index is -0.493. The Labute approximate surface area is 132 Å². The van der Waals surface area contributed by atoms with E-state index in [-0.39, 0.29) is 12.5 Å². The Hall–Kier alpha value is -3.02. The number of carbonyl (C=O) groups excluding carboxylic acids is 1. The summed E-state index contributed by atoms with van der Waals surface area (Å²) in [6.45, 7) is 2.24. The fraction of sp³-hybridized carbons (Fsp3) is 0.176. The molecule has 0 saturated heterocycles. The van der Waals surface area contributed by atoms with E-state index >= 15 is 0 Å². The lowest BCUT2D eigenvalue weighted by molar-refractivity contribution is -0.123. The number of ether oxygens (including phenoxy) is 1. The lowest BCUT2D eigenvalue weighted by atomic mass is 10.2. The number of benzene rings is 2. The summed E-state index contributed by atoms with van der Waals surface area (Å²) in [5.41, 5.74) is 3.01. The van der Waals surface area contributed by atoms with Gasteiger partial charge in [0, 0.05) is 6.54 Å². The maximum Gasteiger partial charge on any atom is 0.417 e. The molecule has 3 aromatic rings. The van der Waals surface area contributed by atoms with Crippen LogP contribution in [0.15, 0.2) is 51.7 Å². The normalized spacial score (nSPS) is 10.7. The average molecular weight is 312 g/mol. The van der Waals surface area contributed by atoms with Crippen LogP contribution >= 0.6 is 0 Å². The number of amides is 1. The Kier molecular flexibility index (Phi) is 4.14. The molecule has 2 aromatic carbocycles. The van der Waals surface area contributed by atoms with Crippen LogP contribution in [0, 0.1) is 6.92 Å². The van der Waals surface area contributed by atoms with Crippen LogP contribution < -0.4 is 15.8 Å². The fourth-order valence-corrected chi connectivity index (χ4v) is 2.21. The van der Waals surface area contributed by atoms with Crippen LogP contribution in [0.4, 0.5) is 0 Å². The molecular weight excluding hydrogens is 296 g/mol. The fourth-order valence-electron chi connectivity index (χ4n) is 2.21. The lowest BCUT2D eigenvalue weighted by Gasteiger charge is -2.08. The number of aromatic nitrogens is 1. The third-order valence-electron chi connectivity index (χ3n) is 3.33. The van der Waals surface area contributed by atoms with E-state index in [0.717, 1.165) is 11.1 Å². The van der Waals surface area contributed by atoms with Crippen LogP contribution in [0.25, 0.3) is 11.1 Å². The molecule has 0 saturated carbocycles. The van der Waals surface area contributed by atoms with E-state index in [1.54, 1.807) is 12.1 Å². The number of hydrogen-bond donors (Lipinski definition) is 2. The molecule has 0 unspecified atom stereocenters. The number of fused-ring (bicyclic) bond motifs is 1. The summed E-state index contributed by atoms with van der Waals surface area (Å²) in [5.74, 6) is -0.0504. The van der Waals surface area contributed by atoms with Gasteiger partial charge in [-0.15, -0.1) is 0 Å². The number of hydrogen-bond acceptors (Lipinski definition) is 4. The monoisotopic (exact) mass is 312 g/mol. The number of aryl methyl sites for hydroxylation is 1. The molecule has 0 bridgehead atoms. The predicted molar refractivity (Wildman–Crippen MR) is 85.4 cm³/mol. The number of nitrogens with one attached hydrogen (secondary N) is 2. The summed E-state index contributed by atoms with van der Waals surface area (Å²) in [7, 11) is 0. The van der Waals surface area contributed by atoms with Gasteiger partial charge in [0.2, 0.25) is 0 Å². The van der Waals surface area contributed by atoms with Crippen LogP contribution in [0.1, 0.15) is 11.1 Å². The molecule has 2 N–H and O–H groups in total. The molecule has 0 aliphatic rings. The van der Waals surface area contributed by atoms with E-state index in [1.807, 2.05) is 37.3 Å².